The molecule has 0 aliphatic heterocycles. The molecule has 0 unspecified atom stereocenters. The Kier molecular flexibility index (Phi) is 5.96. The van der Waals surface area contributed by atoms with E-state index in [1.165, 1.54) is 11.8 Å². The van der Waals surface area contributed by atoms with E-state index in [1.807, 2.05) is 36.5 Å². The van der Waals surface area contributed by atoms with E-state index in [2.05, 4.69) is 10.3 Å². The lowest BCUT2D eigenvalue weighted by Crippen LogP contribution is -2.36. The number of fused-ring (bicyclic) bond motifs is 1. The maximum atomic E-state index is 12.5. The van der Waals surface area contributed by atoms with Crippen LogP contribution in [0.25, 0.3) is 10.9 Å². The number of thioether (sulfide) groups is 1. The molecule has 134 valence electrons. The van der Waals surface area contributed by atoms with E-state index < -0.39 is 6.04 Å². The number of aromatic hydroxyl groups is 1. The number of amides is 1. The summed E-state index contributed by atoms with van der Waals surface area (Å²) >= 11 is 1.20. The number of carbonyl (C=O) groups is 2. The quantitative estimate of drug-likeness (QED) is 0.534. The highest BCUT2D eigenvalue weighted by atomic mass is 32.2. The summed E-state index contributed by atoms with van der Waals surface area (Å²) in [4.78, 5) is 26.7. The van der Waals surface area contributed by atoms with E-state index in [9.17, 15) is 14.7 Å². The summed E-state index contributed by atoms with van der Waals surface area (Å²) in [5.41, 5.74) is 2.99. The molecule has 0 aliphatic carbocycles. The number of phenols is 1. The Balaban J connectivity index is 1.61. The molecule has 3 rings (SSSR count). The average molecular weight is 368 g/mol. The minimum Gasteiger partial charge on any atom is -0.508 e. The molecule has 1 atom stereocenters. The van der Waals surface area contributed by atoms with Gasteiger partial charge in [-0.3, -0.25) is 9.59 Å². The molecule has 0 bridgehead atoms. The Labute approximate surface area is 155 Å². The van der Waals surface area contributed by atoms with E-state index in [-0.39, 0.29) is 10.9 Å². The third-order valence-electron chi connectivity index (χ3n) is 4.20. The Bertz CT molecular complexity index is 907. The van der Waals surface area contributed by atoms with Gasteiger partial charge in [0.2, 0.25) is 11.5 Å². The Morgan fingerprint density at radius 3 is 2.88 bits per heavy atom. The van der Waals surface area contributed by atoms with Crippen molar-refractivity contribution < 1.29 is 14.7 Å². The first-order chi connectivity index (χ1) is 12.7. The van der Waals surface area contributed by atoms with Gasteiger partial charge in [0.15, 0.2) is 0 Å². The van der Waals surface area contributed by atoms with E-state index in [0.717, 1.165) is 22.0 Å². The van der Waals surface area contributed by atoms with Crippen molar-refractivity contribution in [1.82, 2.24) is 10.3 Å². The van der Waals surface area contributed by atoms with Crippen LogP contribution in [-0.2, 0) is 22.4 Å². The second kappa shape index (κ2) is 8.58. The van der Waals surface area contributed by atoms with Gasteiger partial charge in [-0.1, -0.05) is 42.1 Å². The topological polar surface area (TPSA) is 82.2 Å². The van der Waals surface area contributed by atoms with Gasteiger partial charge in [-0.25, -0.2) is 0 Å². The third kappa shape index (κ3) is 4.46. The molecule has 6 heteroatoms. The molecule has 26 heavy (non-hydrogen) atoms. The first kappa shape index (κ1) is 18.1. The first-order valence-electron chi connectivity index (χ1n) is 8.36. The molecule has 1 amide bonds. The van der Waals surface area contributed by atoms with Gasteiger partial charge in [0, 0.05) is 29.3 Å². The molecule has 3 N–H and O–H groups in total. The number of para-hydroxylation sites is 1. The maximum Gasteiger partial charge on any atom is 0.211 e. The van der Waals surface area contributed by atoms with E-state index in [4.69, 9.17) is 0 Å². The van der Waals surface area contributed by atoms with Crippen LogP contribution in [0, 0.1) is 0 Å². The third-order valence-corrected chi connectivity index (χ3v) is 5.18. The highest BCUT2D eigenvalue weighted by Gasteiger charge is 2.20. The zero-order valence-corrected chi connectivity index (χ0v) is 15.0. The van der Waals surface area contributed by atoms with Crippen LogP contribution >= 0.6 is 11.8 Å². The predicted molar refractivity (Wildman–Crippen MR) is 104 cm³/mol. The van der Waals surface area contributed by atoms with Crippen LogP contribution in [-0.4, -0.2) is 33.4 Å². The van der Waals surface area contributed by atoms with Crippen LogP contribution in [0.2, 0.25) is 0 Å². The van der Waals surface area contributed by atoms with E-state index >= 15 is 0 Å². The fourth-order valence-electron chi connectivity index (χ4n) is 2.89. The van der Waals surface area contributed by atoms with Gasteiger partial charge in [-0.15, -0.1) is 0 Å². The summed E-state index contributed by atoms with van der Waals surface area (Å²) in [7, 11) is 0. The highest BCUT2D eigenvalue weighted by molar-refractivity contribution is 8.13. The van der Waals surface area contributed by atoms with E-state index in [1.54, 1.807) is 18.2 Å². The summed E-state index contributed by atoms with van der Waals surface area (Å²) < 4.78 is 0. The summed E-state index contributed by atoms with van der Waals surface area (Å²) in [6.07, 6.45) is 3.58. The summed E-state index contributed by atoms with van der Waals surface area (Å²) in [5, 5.41) is 13.1. The lowest BCUT2D eigenvalue weighted by molar-refractivity contribution is -0.117. The van der Waals surface area contributed by atoms with Gasteiger partial charge >= 0.3 is 0 Å². The van der Waals surface area contributed by atoms with Crippen LogP contribution in [0.1, 0.15) is 11.1 Å². The van der Waals surface area contributed by atoms with Crippen molar-refractivity contribution in [2.45, 2.75) is 18.9 Å². The maximum absolute atomic E-state index is 12.5. The highest BCUT2D eigenvalue weighted by Crippen LogP contribution is 2.21. The molecule has 0 saturated heterocycles. The molecular weight excluding hydrogens is 348 g/mol. The van der Waals surface area contributed by atoms with Gasteiger partial charge < -0.3 is 15.4 Å². The van der Waals surface area contributed by atoms with Crippen molar-refractivity contribution in [3.8, 4) is 5.75 Å². The van der Waals surface area contributed by atoms with Crippen molar-refractivity contribution >= 4 is 34.2 Å². The predicted octanol–water partition coefficient (Wildman–Crippen LogP) is 3.03. The Morgan fingerprint density at radius 2 is 2.08 bits per heavy atom. The SMILES string of the molecule is O=CN[C@@H](Cc1c[nH]c2ccccc12)C(=O)SCCc1cccc(O)c1. The fourth-order valence-corrected chi connectivity index (χ4v) is 3.79. The number of aromatic amines is 1. The van der Waals surface area contributed by atoms with Crippen LogP contribution in [0.4, 0.5) is 0 Å². The number of nitrogens with one attached hydrogen (secondary N) is 2. The van der Waals surface area contributed by atoms with Gasteiger partial charge in [-0.2, -0.15) is 0 Å². The molecule has 0 saturated carbocycles. The van der Waals surface area contributed by atoms with E-state index in [0.29, 0.717) is 25.0 Å². The molecule has 1 aromatic heterocycles. The number of benzene rings is 2. The van der Waals surface area contributed by atoms with Gasteiger partial charge in [0.05, 0.1) is 0 Å². The number of aromatic nitrogens is 1. The second-order valence-electron chi connectivity index (χ2n) is 5.99. The molecule has 2 aromatic carbocycles. The van der Waals surface area contributed by atoms with Crippen molar-refractivity contribution in [3.63, 3.8) is 0 Å². The smallest absolute Gasteiger partial charge is 0.211 e. The molecule has 3 aromatic rings. The van der Waals surface area contributed by atoms with Gasteiger partial charge in [0.25, 0.3) is 0 Å². The monoisotopic (exact) mass is 368 g/mol. The number of hydrogen-bond acceptors (Lipinski definition) is 4. The van der Waals surface area contributed by atoms with Crippen molar-refractivity contribution in [2.24, 2.45) is 0 Å². The minimum absolute atomic E-state index is 0.0671. The first-order valence-corrected chi connectivity index (χ1v) is 9.35. The average Bonchev–Trinajstić information content (AvgIpc) is 3.04. The number of rotatable bonds is 8. The van der Waals surface area contributed by atoms with Crippen LogP contribution in [0.5, 0.6) is 5.75 Å². The summed E-state index contributed by atoms with van der Waals surface area (Å²) in [6, 6.07) is 14.3. The van der Waals surface area contributed by atoms with Crippen LogP contribution in [0.15, 0.2) is 54.7 Å². The zero-order chi connectivity index (χ0) is 18.4. The molecule has 0 radical (unpaired) electrons. The van der Waals surface area contributed by atoms with Gasteiger partial charge in [0.1, 0.15) is 11.8 Å². The largest absolute Gasteiger partial charge is 0.508 e. The summed E-state index contributed by atoms with van der Waals surface area (Å²) in [5.74, 6) is 0.811. The lowest BCUT2D eigenvalue weighted by Gasteiger charge is -2.14. The zero-order valence-electron chi connectivity index (χ0n) is 14.1. The number of H-pyrrole nitrogens is 1. The summed E-state index contributed by atoms with van der Waals surface area (Å²) in [6.45, 7) is 0. The number of hydrogen-bond donors (Lipinski definition) is 3. The number of aryl methyl sites for hydroxylation is 1. The van der Waals surface area contributed by atoms with Crippen molar-refractivity contribution in [3.05, 3.63) is 65.9 Å². The fraction of sp³-hybridized carbons (Fsp3) is 0.200. The second-order valence-corrected chi connectivity index (χ2v) is 7.09. The van der Waals surface area contributed by atoms with Crippen LogP contribution in [0.3, 0.4) is 0 Å². The minimum atomic E-state index is -0.569. The Morgan fingerprint density at radius 1 is 1.23 bits per heavy atom. The van der Waals surface area contributed by atoms with Gasteiger partial charge in [-0.05, 0) is 35.7 Å². The van der Waals surface area contributed by atoms with Crippen LogP contribution < -0.4 is 5.32 Å². The molecular formula is C20H20N2O3S. The molecule has 5 nitrogen and oxygen atoms in total. The lowest BCUT2D eigenvalue weighted by atomic mass is 10.1. The van der Waals surface area contributed by atoms with Crippen molar-refractivity contribution in [2.75, 3.05) is 5.75 Å². The molecule has 0 spiro atoms. The molecule has 0 aliphatic rings. The number of carbonyl (C=O) groups excluding carboxylic acids is 2. The molecule has 1 heterocycles. The normalized spacial score (nSPS) is 12.0. The molecule has 0 fully saturated rings. The standard InChI is InChI=1S/C20H20N2O3S/c23-13-22-19(11-15-12-21-18-7-2-1-6-17(15)18)20(25)26-9-8-14-4-3-5-16(24)10-14/h1-7,10,12-13,19,21,24H,8-9,11H2,(H,22,23)/t19-/m0/s1. The Hall–Kier alpha value is -2.73. The van der Waals surface area contributed by atoms with Crippen molar-refractivity contribution in [1.29, 1.82) is 0 Å². The number of phenolic OH excluding ortho intramolecular Hbond substituents is 1.